The van der Waals surface area contributed by atoms with E-state index in [2.05, 4.69) is 52.0 Å². The van der Waals surface area contributed by atoms with Gasteiger partial charge in [-0.15, -0.1) is 0 Å². The molecule has 1 aliphatic rings. The zero-order chi connectivity index (χ0) is 13.1. The lowest BCUT2D eigenvalue weighted by molar-refractivity contribution is 0.000435. The van der Waals surface area contributed by atoms with Crippen LogP contribution in [0.3, 0.4) is 0 Å². The first-order valence-corrected chi connectivity index (χ1v) is 6.71. The molecule has 3 heteroatoms. The summed E-state index contributed by atoms with van der Waals surface area (Å²) in [4.78, 5) is 2.21. The zero-order valence-corrected chi connectivity index (χ0v) is 12.5. The van der Waals surface area contributed by atoms with Gasteiger partial charge in [-0.2, -0.15) is 0 Å². The van der Waals surface area contributed by atoms with Crippen molar-refractivity contribution in [3.8, 4) is 0 Å². The van der Waals surface area contributed by atoms with Gasteiger partial charge in [0.1, 0.15) is 0 Å². The first kappa shape index (κ1) is 14.9. The molecule has 0 aromatic heterocycles. The molecular formula is C14H30N2O. The molecule has 0 aromatic carbocycles. The Morgan fingerprint density at radius 3 is 2.18 bits per heavy atom. The molecule has 0 unspecified atom stereocenters. The average Bonchev–Trinajstić information content (AvgIpc) is 2.97. The van der Waals surface area contributed by atoms with Gasteiger partial charge in [0, 0.05) is 23.5 Å². The second kappa shape index (κ2) is 5.68. The van der Waals surface area contributed by atoms with Crippen LogP contribution in [0.4, 0.5) is 0 Å². The highest BCUT2D eigenvalue weighted by molar-refractivity contribution is 4.84. The van der Waals surface area contributed by atoms with Gasteiger partial charge in [0.2, 0.25) is 0 Å². The van der Waals surface area contributed by atoms with Crippen LogP contribution in [0.2, 0.25) is 0 Å². The molecule has 0 bridgehead atoms. The van der Waals surface area contributed by atoms with Crippen LogP contribution in [0.15, 0.2) is 0 Å². The Morgan fingerprint density at radius 2 is 1.71 bits per heavy atom. The van der Waals surface area contributed by atoms with Gasteiger partial charge in [0.15, 0.2) is 0 Å². The van der Waals surface area contributed by atoms with Gasteiger partial charge in [-0.25, -0.2) is 0 Å². The Morgan fingerprint density at radius 1 is 1.12 bits per heavy atom. The van der Waals surface area contributed by atoms with Crippen molar-refractivity contribution < 1.29 is 4.74 Å². The smallest absolute Gasteiger partial charge is 0.0645 e. The number of hydrogen-bond donors (Lipinski definition) is 1. The van der Waals surface area contributed by atoms with Crippen LogP contribution in [0.5, 0.6) is 0 Å². The predicted molar refractivity (Wildman–Crippen MR) is 73.4 cm³/mol. The monoisotopic (exact) mass is 242 g/mol. The van der Waals surface area contributed by atoms with Crippen molar-refractivity contribution in [2.24, 2.45) is 5.41 Å². The Bertz CT molecular complexity index is 232. The van der Waals surface area contributed by atoms with E-state index in [9.17, 15) is 0 Å². The lowest BCUT2D eigenvalue weighted by Crippen LogP contribution is -2.44. The van der Waals surface area contributed by atoms with Crippen molar-refractivity contribution in [3.63, 3.8) is 0 Å². The summed E-state index contributed by atoms with van der Waals surface area (Å²) in [5.74, 6) is 0. The lowest BCUT2D eigenvalue weighted by Gasteiger charge is -2.34. The first-order chi connectivity index (χ1) is 7.73. The second-order valence-electron chi connectivity index (χ2n) is 7.02. The SMILES string of the molecule is CN(C)C(C)(C)COCC(C)(C)CNC1CC1. The third-order valence-electron chi connectivity index (χ3n) is 3.61. The Balaban J connectivity index is 2.18. The Kier molecular flexibility index (Phi) is 4.99. The molecule has 102 valence electrons. The van der Waals surface area contributed by atoms with Gasteiger partial charge in [-0.3, -0.25) is 0 Å². The molecule has 3 nitrogen and oxygen atoms in total. The third-order valence-corrected chi connectivity index (χ3v) is 3.61. The summed E-state index contributed by atoms with van der Waals surface area (Å²) in [6.07, 6.45) is 2.70. The maximum absolute atomic E-state index is 5.90. The molecule has 17 heavy (non-hydrogen) atoms. The van der Waals surface area contributed by atoms with Crippen molar-refractivity contribution in [3.05, 3.63) is 0 Å². The number of rotatable bonds is 8. The molecule has 0 saturated heterocycles. The Labute approximate surface area is 107 Å². The molecule has 0 atom stereocenters. The van der Waals surface area contributed by atoms with E-state index < -0.39 is 0 Å². The van der Waals surface area contributed by atoms with Crippen LogP contribution < -0.4 is 5.32 Å². The molecule has 1 N–H and O–H groups in total. The minimum absolute atomic E-state index is 0.111. The van der Waals surface area contributed by atoms with Crippen LogP contribution in [0, 0.1) is 5.41 Å². The summed E-state index contributed by atoms with van der Waals surface area (Å²) < 4.78 is 5.90. The summed E-state index contributed by atoms with van der Waals surface area (Å²) in [5.41, 5.74) is 0.338. The Hall–Kier alpha value is -0.120. The molecular weight excluding hydrogens is 212 g/mol. The van der Waals surface area contributed by atoms with E-state index >= 15 is 0 Å². The normalized spacial score (nSPS) is 17.8. The van der Waals surface area contributed by atoms with E-state index in [1.54, 1.807) is 0 Å². The molecule has 0 spiro atoms. The highest BCUT2D eigenvalue weighted by Gasteiger charge is 2.27. The minimum Gasteiger partial charge on any atom is -0.379 e. The highest BCUT2D eigenvalue weighted by atomic mass is 16.5. The van der Waals surface area contributed by atoms with Crippen molar-refractivity contribution in [2.45, 2.75) is 52.1 Å². The molecule has 1 saturated carbocycles. The number of hydrogen-bond acceptors (Lipinski definition) is 3. The van der Waals surface area contributed by atoms with Gasteiger partial charge in [-0.05, 0) is 40.8 Å². The van der Waals surface area contributed by atoms with Crippen molar-refractivity contribution in [1.29, 1.82) is 0 Å². The fourth-order valence-electron chi connectivity index (χ4n) is 1.47. The number of nitrogens with zero attached hydrogens (tertiary/aromatic N) is 1. The summed E-state index contributed by atoms with van der Waals surface area (Å²) in [7, 11) is 4.20. The van der Waals surface area contributed by atoms with Crippen LogP contribution in [-0.4, -0.2) is 50.3 Å². The molecule has 1 aliphatic carbocycles. The van der Waals surface area contributed by atoms with Gasteiger partial charge < -0.3 is 15.0 Å². The summed E-state index contributed by atoms with van der Waals surface area (Å²) >= 11 is 0. The molecule has 0 aromatic rings. The van der Waals surface area contributed by atoms with Crippen LogP contribution in [0.25, 0.3) is 0 Å². The largest absolute Gasteiger partial charge is 0.379 e. The van der Waals surface area contributed by atoms with Crippen molar-refractivity contribution in [2.75, 3.05) is 33.9 Å². The van der Waals surface area contributed by atoms with Crippen LogP contribution >= 0.6 is 0 Å². The standard InChI is InChI=1S/C14H30N2O/c1-13(2,9-15-12-7-8-12)10-17-11-14(3,4)16(5)6/h12,15H,7-11H2,1-6H3. The van der Waals surface area contributed by atoms with E-state index in [1.165, 1.54) is 12.8 Å². The molecule has 0 heterocycles. The summed E-state index contributed by atoms with van der Waals surface area (Å²) in [5, 5.41) is 3.58. The van der Waals surface area contributed by atoms with E-state index in [0.29, 0.717) is 0 Å². The molecule has 0 aliphatic heterocycles. The maximum atomic E-state index is 5.90. The average molecular weight is 242 g/mol. The fraction of sp³-hybridized carbons (Fsp3) is 1.00. The predicted octanol–water partition coefficient (Wildman–Crippen LogP) is 2.12. The van der Waals surface area contributed by atoms with E-state index in [-0.39, 0.29) is 11.0 Å². The first-order valence-electron chi connectivity index (χ1n) is 6.71. The molecule has 1 fully saturated rings. The van der Waals surface area contributed by atoms with Crippen LogP contribution in [-0.2, 0) is 4.74 Å². The summed E-state index contributed by atoms with van der Waals surface area (Å²) in [6.45, 7) is 11.6. The summed E-state index contributed by atoms with van der Waals surface area (Å²) in [6, 6.07) is 0.785. The zero-order valence-electron chi connectivity index (χ0n) is 12.5. The number of likely N-dealkylation sites (N-methyl/N-ethyl adjacent to an activating group) is 1. The lowest BCUT2D eigenvalue weighted by atomic mass is 9.94. The van der Waals surface area contributed by atoms with Gasteiger partial charge in [-0.1, -0.05) is 13.8 Å². The minimum atomic E-state index is 0.111. The van der Waals surface area contributed by atoms with Gasteiger partial charge in [0.05, 0.1) is 13.2 Å². The highest BCUT2D eigenvalue weighted by Crippen LogP contribution is 2.22. The quantitative estimate of drug-likeness (QED) is 0.705. The van der Waals surface area contributed by atoms with Gasteiger partial charge in [0.25, 0.3) is 0 Å². The second-order valence-corrected chi connectivity index (χ2v) is 7.02. The van der Waals surface area contributed by atoms with Crippen molar-refractivity contribution >= 4 is 0 Å². The van der Waals surface area contributed by atoms with E-state index in [1.807, 2.05) is 0 Å². The fourth-order valence-corrected chi connectivity index (χ4v) is 1.47. The van der Waals surface area contributed by atoms with Crippen LogP contribution in [0.1, 0.15) is 40.5 Å². The number of ether oxygens (including phenoxy) is 1. The molecule has 0 amide bonds. The van der Waals surface area contributed by atoms with E-state index in [0.717, 1.165) is 25.8 Å². The van der Waals surface area contributed by atoms with Gasteiger partial charge >= 0.3 is 0 Å². The topological polar surface area (TPSA) is 24.5 Å². The van der Waals surface area contributed by atoms with E-state index in [4.69, 9.17) is 4.74 Å². The maximum Gasteiger partial charge on any atom is 0.0645 e. The number of nitrogens with one attached hydrogen (secondary N) is 1. The third kappa shape index (κ3) is 5.84. The van der Waals surface area contributed by atoms with Crippen molar-refractivity contribution in [1.82, 2.24) is 10.2 Å². The molecule has 0 radical (unpaired) electrons. The molecule has 1 rings (SSSR count).